The summed E-state index contributed by atoms with van der Waals surface area (Å²) in [6.45, 7) is 1.65. The molecule has 0 saturated carbocycles. The van der Waals surface area contributed by atoms with E-state index in [0.717, 1.165) is 16.5 Å². The van der Waals surface area contributed by atoms with Crippen LogP contribution in [0.5, 0.6) is 0 Å². The Morgan fingerprint density at radius 3 is 2.51 bits per heavy atom. The summed E-state index contributed by atoms with van der Waals surface area (Å²) in [6, 6.07) is 22.8. The van der Waals surface area contributed by atoms with Crippen molar-refractivity contribution in [1.29, 1.82) is 0 Å². The summed E-state index contributed by atoms with van der Waals surface area (Å²) in [5.41, 5.74) is 1.04. The van der Waals surface area contributed by atoms with Crippen molar-refractivity contribution in [3.8, 4) is 0 Å². The molecule has 2 atom stereocenters. The molecule has 9 nitrogen and oxygen atoms in total. The lowest BCUT2D eigenvalue weighted by molar-refractivity contribution is -0.385. The summed E-state index contributed by atoms with van der Waals surface area (Å²) in [4.78, 5) is 41.4. The number of nitro benzene ring substituents is 1. The summed E-state index contributed by atoms with van der Waals surface area (Å²) in [5.74, 6) is -1.46. The molecule has 0 aromatic heterocycles. The predicted molar refractivity (Wildman–Crippen MR) is 155 cm³/mol. The first kappa shape index (κ1) is 26.4. The molecular weight excluding hydrogens is 522 g/mol. The van der Waals surface area contributed by atoms with Crippen molar-refractivity contribution in [2.45, 2.75) is 25.5 Å². The average molecular weight is 550 g/mol. The first-order valence-electron chi connectivity index (χ1n) is 13.3. The van der Waals surface area contributed by atoms with Crippen LogP contribution in [-0.4, -0.2) is 33.6 Å². The lowest BCUT2D eigenvalue weighted by Crippen LogP contribution is -2.44. The number of amides is 2. The Kier molecular flexibility index (Phi) is 6.40. The largest absolute Gasteiger partial charge is 0.396 e. The Hall–Kier alpha value is -4.86. The zero-order valence-corrected chi connectivity index (χ0v) is 22.2. The highest BCUT2D eigenvalue weighted by Gasteiger charge is 2.53. The third-order valence-electron chi connectivity index (χ3n) is 7.91. The van der Waals surface area contributed by atoms with E-state index in [9.17, 15) is 24.8 Å². The van der Waals surface area contributed by atoms with Crippen molar-refractivity contribution in [3.05, 3.63) is 118 Å². The van der Waals surface area contributed by atoms with Gasteiger partial charge in [0.2, 0.25) is 0 Å². The minimum Gasteiger partial charge on any atom is -0.396 e. The molecule has 4 aromatic rings. The van der Waals surface area contributed by atoms with Gasteiger partial charge in [-0.25, -0.2) is 0 Å². The summed E-state index contributed by atoms with van der Waals surface area (Å²) in [7, 11) is 0. The van der Waals surface area contributed by atoms with Gasteiger partial charge in [0.1, 0.15) is 0 Å². The number of rotatable bonds is 8. The number of hydrogen-bond donors (Lipinski definition) is 2. The quantitative estimate of drug-likeness (QED) is 0.174. The van der Waals surface area contributed by atoms with E-state index in [0.29, 0.717) is 28.9 Å². The van der Waals surface area contributed by atoms with E-state index >= 15 is 0 Å². The minimum atomic E-state index is -2.03. The van der Waals surface area contributed by atoms with Gasteiger partial charge in [0.05, 0.1) is 28.4 Å². The number of carbonyl (C=O) groups is 2. The van der Waals surface area contributed by atoms with Gasteiger partial charge in [0.25, 0.3) is 17.5 Å². The van der Waals surface area contributed by atoms with E-state index in [1.165, 1.54) is 23.1 Å². The molecule has 2 N–H and O–H groups in total. The van der Waals surface area contributed by atoms with Gasteiger partial charge >= 0.3 is 0 Å². The summed E-state index contributed by atoms with van der Waals surface area (Å²) in [5, 5.41) is 34.3. The van der Waals surface area contributed by atoms with Gasteiger partial charge < -0.3 is 15.1 Å². The second-order valence-electron chi connectivity index (χ2n) is 10.3. The highest BCUT2D eigenvalue weighted by Crippen LogP contribution is 2.47. The van der Waals surface area contributed by atoms with Crippen molar-refractivity contribution in [2.24, 2.45) is 5.92 Å². The molecule has 2 heterocycles. The van der Waals surface area contributed by atoms with E-state index in [1.54, 1.807) is 24.0 Å². The molecule has 41 heavy (non-hydrogen) atoms. The van der Waals surface area contributed by atoms with Gasteiger partial charge in [-0.1, -0.05) is 55.5 Å². The number of fused-ring (bicyclic) bond motifs is 1. The van der Waals surface area contributed by atoms with Crippen molar-refractivity contribution in [2.75, 3.05) is 16.4 Å². The number of carbonyl (C=O) groups excluding carboxylic acids is 2. The fraction of sp³-hybridized carbons (Fsp3) is 0.188. The number of nitrogens with zero attached hydrogens (tertiary/aromatic N) is 3. The fourth-order valence-electron chi connectivity index (χ4n) is 5.87. The fourth-order valence-corrected chi connectivity index (χ4v) is 5.87. The number of benzene rings is 4. The van der Waals surface area contributed by atoms with Crippen LogP contribution in [0.1, 0.15) is 34.8 Å². The van der Waals surface area contributed by atoms with Crippen molar-refractivity contribution in [1.82, 2.24) is 0 Å². The summed E-state index contributed by atoms with van der Waals surface area (Å²) < 4.78 is 0. The maximum atomic E-state index is 13.9. The van der Waals surface area contributed by atoms with Crippen molar-refractivity contribution >= 4 is 45.3 Å². The zero-order chi connectivity index (χ0) is 28.9. The monoisotopic (exact) mass is 549 g/mol. The molecule has 4 aromatic carbocycles. The third kappa shape index (κ3) is 4.09. The van der Waals surface area contributed by atoms with Crippen LogP contribution in [0, 0.1) is 16.0 Å². The lowest BCUT2D eigenvalue weighted by atomic mass is 9.82. The van der Waals surface area contributed by atoms with E-state index in [1.807, 2.05) is 60.7 Å². The molecule has 2 aliphatic rings. The topological polar surface area (TPSA) is 124 Å². The number of nitro groups is 1. The number of anilines is 3. The van der Waals surface area contributed by atoms with Crippen LogP contribution >= 0.6 is 0 Å². The molecule has 0 saturated heterocycles. The Labute approximate surface area is 235 Å². The molecule has 9 heteroatoms. The lowest BCUT2D eigenvalue weighted by Gasteiger charge is -2.27. The van der Waals surface area contributed by atoms with Gasteiger partial charge in [-0.15, -0.1) is 0 Å². The smallest absolute Gasteiger partial charge is 0.269 e. The molecular formula is C32H27N3O6. The first-order chi connectivity index (χ1) is 19.8. The average Bonchev–Trinajstić information content (AvgIpc) is 3.38. The Balaban J connectivity index is 1.37. The van der Waals surface area contributed by atoms with E-state index in [4.69, 9.17) is 5.11 Å². The number of aliphatic hydroxyl groups excluding tert-OH is 1. The molecule has 2 aliphatic heterocycles. The number of non-ortho nitro benzene ring substituents is 1. The van der Waals surface area contributed by atoms with Gasteiger partial charge in [-0.2, -0.15) is 0 Å². The van der Waals surface area contributed by atoms with Gasteiger partial charge in [-0.05, 0) is 47.7 Å². The van der Waals surface area contributed by atoms with Crippen LogP contribution in [0.3, 0.4) is 0 Å². The molecule has 0 aliphatic carbocycles. The number of hydrogen-bond acceptors (Lipinski definition) is 6. The van der Waals surface area contributed by atoms with Crippen LogP contribution in [0.25, 0.3) is 10.8 Å². The van der Waals surface area contributed by atoms with Gasteiger partial charge in [0.15, 0.2) is 5.60 Å². The Morgan fingerprint density at radius 1 is 1.00 bits per heavy atom. The SMILES string of the molecule is C[C@@H](/C=C/CCO)[C@]1(O)C(=O)N(Cc2cccc(N3C(=O)c4cccc5cccc3c45)c2)c2ccc([N+](=O)[O-])cc21. The van der Waals surface area contributed by atoms with E-state index < -0.39 is 22.3 Å². The molecule has 0 radical (unpaired) electrons. The first-order valence-corrected chi connectivity index (χ1v) is 13.3. The van der Waals surface area contributed by atoms with Crippen LogP contribution in [-0.2, 0) is 16.9 Å². The molecule has 206 valence electrons. The van der Waals surface area contributed by atoms with Crippen LogP contribution in [0.15, 0.2) is 91.0 Å². The molecule has 0 bridgehead atoms. The predicted octanol–water partition coefficient (Wildman–Crippen LogP) is 5.35. The van der Waals surface area contributed by atoms with Crippen molar-refractivity contribution < 1.29 is 24.7 Å². The second-order valence-corrected chi connectivity index (χ2v) is 10.3. The van der Waals surface area contributed by atoms with Crippen molar-refractivity contribution in [3.63, 3.8) is 0 Å². The maximum Gasteiger partial charge on any atom is 0.269 e. The molecule has 2 amide bonds. The van der Waals surface area contributed by atoms with E-state index in [-0.39, 0.29) is 30.3 Å². The maximum absolute atomic E-state index is 13.9. The minimum absolute atomic E-state index is 0.0754. The summed E-state index contributed by atoms with van der Waals surface area (Å²) >= 11 is 0. The molecule has 6 rings (SSSR count). The zero-order valence-electron chi connectivity index (χ0n) is 22.2. The van der Waals surface area contributed by atoms with Crippen LogP contribution in [0.2, 0.25) is 0 Å². The number of aliphatic hydroxyl groups is 2. The molecule has 0 fully saturated rings. The highest BCUT2D eigenvalue weighted by atomic mass is 16.6. The van der Waals surface area contributed by atoms with E-state index in [2.05, 4.69) is 0 Å². The second kappa shape index (κ2) is 9.96. The third-order valence-corrected chi connectivity index (χ3v) is 7.91. The highest BCUT2D eigenvalue weighted by molar-refractivity contribution is 6.27. The van der Waals surface area contributed by atoms with Crippen LogP contribution < -0.4 is 9.80 Å². The van der Waals surface area contributed by atoms with Crippen LogP contribution in [0.4, 0.5) is 22.7 Å². The molecule has 0 unspecified atom stereocenters. The molecule has 0 spiro atoms. The normalized spacial score (nSPS) is 18.5. The standard InChI is InChI=1S/C32H27N3O6/c1-20(7-2-3-16-36)32(39)26-18-24(35(40)41)14-15-27(26)33(31(32)38)19-21-8-4-11-23(17-21)34-28-13-6-10-22-9-5-12-25(29(22)28)30(34)37/h2,4-15,17-18,20,36,39H,3,16,19H2,1H3/b7-2+/t20-,32+/m0/s1. The van der Waals surface area contributed by atoms with Gasteiger partial charge in [-0.3, -0.25) is 24.6 Å². The Morgan fingerprint density at radius 2 is 1.76 bits per heavy atom. The summed E-state index contributed by atoms with van der Waals surface area (Å²) in [6.07, 6.45) is 3.66. The van der Waals surface area contributed by atoms with Gasteiger partial charge in [0, 0.05) is 41.3 Å². The Bertz CT molecular complexity index is 1760.